The topological polar surface area (TPSA) is 0 Å². The van der Waals surface area contributed by atoms with Gasteiger partial charge in [0.25, 0.3) is 0 Å². The van der Waals surface area contributed by atoms with Crippen molar-refractivity contribution in [3.8, 4) is 0 Å². The number of benzene rings is 1. The van der Waals surface area contributed by atoms with Gasteiger partial charge in [0.2, 0.25) is 0 Å². The molecule has 1 aromatic carbocycles. The lowest BCUT2D eigenvalue weighted by molar-refractivity contribution is 0.224. The minimum Gasteiger partial charge on any atom is -0.207 e. The van der Waals surface area contributed by atoms with Gasteiger partial charge in [-0.1, -0.05) is 31.5 Å². The molecule has 0 spiro atoms. The molecule has 0 saturated heterocycles. The molecule has 0 unspecified atom stereocenters. The second kappa shape index (κ2) is 4.37. The Morgan fingerprint density at radius 2 is 1.88 bits per heavy atom. The first-order valence-corrected chi connectivity index (χ1v) is 6.31. The van der Waals surface area contributed by atoms with E-state index in [1.165, 1.54) is 37.8 Å². The Bertz CT molecular complexity index is 374. The van der Waals surface area contributed by atoms with Crippen molar-refractivity contribution in [2.24, 2.45) is 5.41 Å². The lowest BCUT2D eigenvalue weighted by atomic mass is 9.71. The average molecular weight is 241 g/mol. The van der Waals surface area contributed by atoms with Gasteiger partial charge < -0.3 is 0 Å². The number of hydrogen-bond acceptors (Lipinski definition) is 0. The highest BCUT2D eigenvalue weighted by Crippen LogP contribution is 2.43. The van der Waals surface area contributed by atoms with Crippen molar-refractivity contribution in [3.63, 3.8) is 0 Å². The quantitative estimate of drug-likeness (QED) is 0.636. The molecule has 0 heterocycles. The molecule has 1 aliphatic rings. The summed E-state index contributed by atoms with van der Waals surface area (Å²) in [7, 11) is 0. The Kier molecular flexibility index (Phi) is 3.25. The van der Waals surface area contributed by atoms with Crippen molar-refractivity contribution in [1.82, 2.24) is 0 Å². The van der Waals surface area contributed by atoms with E-state index < -0.39 is 0 Å². The summed E-state index contributed by atoms with van der Waals surface area (Å²) in [6.45, 7) is 4.63. The summed E-state index contributed by atoms with van der Waals surface area (Å²) < 4.78 is 13.0. The van der Waals surface area contributed by atoms with Crippen molar-refractivity contribution in [3.05, 3.63) is 34.6 Å². The van der Waals surface area contributed by atoms with Crippen LogP contribution in [0.15, 0.2) is 18.2 Å². The minimum absolute atomic E-state index is 0.245. The first-order chi connectivity index (χ1) is 7.48. The molecule has 0 aliphatic heterocycles. The van der Waals surface area contributed by atoms with Gasteiger partial charge in [0, 0.05) is 5.02 Å². The molecule has 1 aromatic rings. The lowest BCUT2D eigenvalue weighted by Crippen LogP contribution is -2.20. The van der Waals surface area contributed by atoms with Crippen LogP contribution in [0.1, 0.15) is 51.0 Å². The third-order valence-electron chi connectivity index (χ3n) is 3.74. The Morgan fingerprint density at radius 1 is 1.25 bits per heavy atom. The van der Waals surface area contributed by atoms with Crippen LogP contribution in [0.3, 0.4) is 0 Å². The molecule has 2 heteroatoms. The second-order valence-corrected chi connectivity index (χ2v) is 6.01. The summed E-state index contributed by atoms with van der Waals surface area (Å²) in [5.41, 5.74) is 1.58. The van der Waals surface area contributed by atoms with Gasteiger partial charge in [-0.3, -0.25) is 0 Å². The third kappa shape index (κ3) is 2.57. The molecule has 0 aromatic heterocycles. The SMILES string of the molecule is CC1(C)CCC(c2ccc(F)cc2Cl)CC1. The zero-order valence-electron chi connectivity index (χ0n) is 9.89. The molecular weight excluding hydrogens is 223 g/mol. The number of hydrogen-bond donors (Lipinski definition) is 0. The first kappa shape index (κ1) is 11.9. The van der Waals surface area contributed by atoms with Gasteiger partial charge in [-0.2, -0.15) is 0 Å². The normalized spacial score (nSPS) is 21.0. The van der Waals surface area contributed by atoms with Gasteiger partial charge in [0.1, 0.15) is 5.82 Å². The molecule has 1 fully saturated rings. The van der Waals surface area contributed by atoms with Gasteiger partial charge in [-0.15, -0.1) is 0 Å². The number of rotatable bonds is 1. The van der Waals surface area contributed by atoms with E-state index >= 15 is 0 Å². The summed E-state index contributed by atoms with van der Waals surface area (Å²) in [6, 6.07) is 4.79. The van der Waals surface area contributed by atoms with Crippen LogP contribution in [0.4, 0.5) is 4.39 Å². The predicted octanol–water partition coefficient (Wildman–Crippen LogP) is 5.16. The van der Waals surface area contributed by atoms with Crippen molar-refractivity contribution in [2.75, 3.05) is 0 Å². The predicted molar refractivity (Wildman–Crippen MR) is 66.4 cm³/mol. The van der Waals surface area contributed by atoms with Crippen LogP contribution in [-0.4, -0.2) is 0 Å². The summed E-state index contributed by atoms with van der Waals surface area (Å²) in [5, 5.41) is 0.588. The zero-order chi connectivity index (χ0) is 11.8. The fraction of sp³-hybridized carbons (Fsp3) is 0.571. The second-order valence-electron chi connectivity index (χ2n) is 5.60. The van der Waals surface area contributed by atoms with E-state index in [9.17, 15) is 4.39 Å². The van der Waals surface area contributed by atoms with E-state index in [4.69, 9.17) is 11.6 Å². The molecule has 0 nitrogen and oxygen atoms in total. The first-order valence-electron chi connectivity index (χ1n) is 5.93. The summed E-state index contributed by atoms with van der Waals surface area (Å²) in [5.74, 6) is 0.269. The molecule has 16 heavy (non-hydrogen) atoms. The van der Waals surface area contributed by atoms with E-state index in [2.05, 4.69) is 13.8 Å². The molecule has 0 atom stereocenters. The van der Waals surface area contributed by atoms with Crippen molar-refractivity contribution in [1.29, 1.82) is 0 Å². The van der Waals surface area contributed by atoms with Crippen molar-refractivity contribution in [2.45, 2.75) is 45.4 Å². The fourth-order valence-electron chi connectivity index (χ4n) is 2.54. The number of halogens is 2. The van der Waals surface area contributed by atoms with Gasteiger partial charge in [-0.05, 0) is 54.7 Å². The van der Waals surface area contributed by atoms with E-state index in [-0.39, 0.29) is 5.82 Å². The van der Waals surface area contributed by atoms with E-state index in [1.54, 1.807) is 0 Å². The molecule has 0 N–H and O–H groups in total. The van der Waals surface area contributed by atoms with Gasteiger partial charge in [0.05, 0.1) is 0 Å². The van der Waals surface area contributed by atoms with E-state index in [0.29, 0.717) is 16.4 Å². The Labute approximate surface area is 102 Å². The average Bonchev–Trinajstić information content (AvgIpc) is 2.19. The van der Waals surface area contributed by atoms with Gasteiger partial charge in [-0.25, -0.2) is 4.39 Å². The van der Waals surface area contributed by atoms with Crippen LogP contribution in [0.2, 0.25) is 5.02 Å². The highest BCUT2D eigenvalue weighted by molar-refractivity contribution is 6.31. The molecular formula is C14H18ClF. The summed E-state index contributed by atoms with van der Waals surface area (Å²) in [4.78, 5) is 0. The van der Waals surface area contributed by atoms with Crippen LogP contribution in [0.5, 0.6) is 0 Å². The highest BCUT2D eigenvalue weighted by Gasteiger charge is 2.28. The molecule has 0 amide bonds. The molecule has 2 rings (SSSR count). The monoisotopic (exact) mass is 240 g/mol. The summed E-state index contributed by atoms with van der Waals surface area (Å²) >= 11 is 6.09. The Morgan fingerprint density at radius 3 is 2.44 bits per heavy atom. The standard InChI is InChI=1S/C14H18ClF/c1-14(2)7-5-10(6-8-14)12-4-3-11(16)9-13(12)15/h3-4,9-10H,5-8H2,1-2H3. The van der Waals surface area contributed by atoms with Gasteiger partial charge in [0.15, 0.2) is 0 Å². The largest absolute Gasteiger partial charge is 0.207 e. The molecule has 1 saturated carbocycles. The molecule has 1 aliphatic carbocycles. The van der Waals surface area contributed by atoms with Gasteiger partial charge >= 0.3 is 0 Å². The smallest absolute Gasteiger partial charge is 0.124 e. The van der Waals surface area contributed by atoms with Crippen LogP contribution >= 0.6 is 11.6 Å². The summed E-state index contributed by atoms with van der Waals surface area (Å²) in [6.07, 6.45) is 4.79. The zero-order valence-corrected chi connectivity index (χ0v) is 10.6. The Hall–Kier alpha value is -0.560. The maximum Gasteiger partial charge on any atom is 0.124 e. The van der Waals surface area contributed by atoms with Crippen LogP contribution < -0.4 is 0 Å². The minimum atomic E-state index is -0.245. The fourth-order valence-corrected chi connectivity index (χ4v) is 2.86. The third-order valence-corrected chi connectivity index (χ3v) is 4.07. The van der Waals surface area contributed by atoms with Crippen molar-refractivity contribution >= 4 is 11.6 Å². The van der Waals surface area contributed by atoms with Crippen molar-refractivity contribution < 1.29 is 4.39 Å². The molecule has 88 valence electrons. The van der Waals surface area contributed by atoms with Crippen LogP contribution in [-0.2, 0) is 0 Å². The van der Waals surface area contributed by atoms with E-state index in [1.807, 2.05) is 6.07 Å². The highest BCUT2D eigenvalue weighted by atomic mass is 35.5. The van der Waals surface area contributed by atoms with Crippen LogP contribution in [0, 0.1) is 11.2 Å². The van der Waals surface area contributed by atoms with E-state index in [0.717, 1.165) is 5.56 Å². The maximum atomic E-state index is 13.0. The Balaban J connectivity index is 2.14. The lowest BCUT2D eigenvalue weighted by Gasteiger charge is -2.34. The molecule has 0 bridgehead atoms. The molecule has 0 radical (unpaired) electrons. The maximum absolute atomic E-state index is 13.0. The van der Waals surface area contributed by atoms with Crippen LogP contribution in [0.25, 0.3) is 0 Å².